The van der Waals surface area contributed by atoms with Gasteiger partial charge in [-0.2, -0.15) is 0 Å². The number of allylic oxidation sites excluding steroid dienone is 2. The summed E-state index contributed by atoms with van der Waals surface area (Å²) in [7, 11) is 0. The van der Waals surface area contributed by atoms with Crippen LogP contribution in [0.1, 0.15) is 95.6 Å². The summed E-state index contributed by atoms with van der Waals surface area (Å²) in [5, 5.41) is 0. The van der Waals surface area contributed by atoms with E-state index in [1.54, 1.807) is 0 Å². The first-order valence-corrected chi connectivity index (χ1v) is 11.8. The van der Waals surface area contributed by atoms with Crippen molar-refractivity contribution in [3.63, 3.8) is 0 Å². The van der Waals surface area contributed by atoms with Crippen molar-refractivity contribution in [2.24, 2.45) is 5.92 Å². The number of esters is 2. The van der Waals surface area contributed by atoms with Crippen molar-refractivity contribution in [2.75, 3.05) is 6.61 Å². The number of benzene rings is 1. The maximum Gasteiger partial charge on any atom is 0.306 e. The number of unbranched alkanes of at least 4 members (excludes halogenated alkanes) is 5. The van der Waals surface area contributed by atoms with Crippen LogP contribution in [-0.2, 0) is 19.1 Å². The summed E-state index contributed by atoms with van der Waals surface area (Å²) in [4.78, 5) is 23.7. The largest absolute Gasteiger partial charge is 0.466 e. The lowest BCUT2D eigenvalue weighted by Gasteiger charge is -2.24. The number of rotatable bonds is 14. The smallest absolute Gasteiger partial charge is 0.306 e. The molecule has 0 aliphatic heterocycles. The Kier molecular flexibility index (Phi) is 11.9. The highest BCUT2D eigenvalue weighted by Gasteiger charge is 2.21. The normalized spacial score (nSPS) is 16.8. The quantitative estimate of drug-likeness (QED) is 0.193. The molecular formula is C26H38O4. The molecule has 2 unspecified atom stereocenters. The molecule has 0 spiro atoms. The van der Waals surface area contributed by atoms with Gasteiger partial charge in [0.25, 0.3) is 0 Å². The molecule has 0 saturated heterocycles. The van der Waals surface area contributed by atoms with E-state index in [0.29, 0.717) is 25.4 Å². The monoisotopic (exact) mass is 414 g/mol. The predicted octanol–water partition coefficient (Wildman–Crippen LogP) is 6.70. The third-order valence-electron chi connectivity index (χ3n) is 5.63. The number of hydrogen-bond acceptors (Lipinski definition) is 4. The first-order valence-electron chi connectivity index (χ1n) is 11.8. The summed E-state index contributed by atoms with van der Waals surface area (Å²) >= 11 is 0. The number of ether oxygens (including phenoxy) is 2. The topological polar surface area (TPSA) is 52.6 Å². The molecule has 1 aromatic carbocycles. The van der Waals surface area contributed by atoms with Crippen LogP contribution in [0.5, 0.6) is 0 Å². The fourth-order valence-corrected chi connectivity index (χ4v) is 3.97. The van der Waals surface area contributed by atoms with Gasteiger partial charge >= 0.3 is 11.9 Å². The molecule has 0 N–H and O–H groups in total. The van der Waals surface area contributed by atoms with E-state index >= 15 is 0 Å². The van der Waals surface area contributed by atoms with Gasteiger partial charge in [-0.3, -0.25) is 9.59 Å². The fraction of sp³-hybridized carbons (Fsp3) is 0.615. The van der Waals surface area contributed by atoms with Gasteiger partial charge in [-0.05, 0) is 56.9 Å². The Hall–Kier alpha value is -2.10. The van der Waals surface area contributed by atoms with Crippen molar-refractivity contribution in [3.8, 4) is 0 Å². The molecule has 0 radical (unpaired) electrons. The molecular weight excluding hydrogens is 376 g/mol. The van der Waals surface area contributed by atoms with Crippen LogP contribution in [-0.4, -0.2) is 18.5 Å². The minimum Gasteiger partial charge on any atom is -0.466 e. The maximum atomic E-state index is 12.4. The van der Waals surface area contributed by atoms with Gasteiger partial charge in [-0.15, -0.1) is 0 Å². The molecule has 0 bridgehead atoms. The van der Waals surface area contributed by atoms with E-state index in [9.17, 15) is 9.59 Å². The minimum absolute atomic E-state index is 0.0917. The summed E-state index contributed by atoms with van der Waals surface area (Å²) in [6.07, 6.45) is 15.8. The van der Waals surface area contributed by atoms with Crippen molar-refractivity contribution in [2.45, 2.75) is 90.1 Å². The van der Waals surface area contributed by atoms with Gasteiger partial charge in [-0.25, -0.2) is 0 Å². The van der Waals surface area contributed by atoms with Gasteiger partial charge in [0.15, 0.2) is 0 Å². The van der Waals surface area contributed by atoms with E-state index in [1.165, 1.54) is 12.8 Å². The summed E-state index contributed by atoms with van der Waals surface area (Å²) < 4.78 is 10.8. The third-order valence-corrected chi connectivity index (χ3v) is 5.63. The van der Waals surface area contributed by atoms with Crippen LogP contribution in [0.25, 0.3) is 0 Å². The van der Waals surface area contributed by atoms with Crippen molar-refractivity contribution < 1.29 is 19.1 Å². The summed E-state index contributed by atoms with van der Waals surface area (Å²) in [6, 6.07) is 10.1. The summed E-state index contributed by atoms with van der Waals surface area (Å²) in [5.74, 6) is 0.300. The third kappa shape index (κ3) is 10.1. The highest BCUT2D eigenvalue weighted by Crippen LogP contribution is 2.31. The summed E-state index contributed by atoms with van der Waals surface area (Å²) in [6.45, 7) is 2.29. The van der Waals surface area contributed by atoms with Crippen LogP contribution in [0.4, 0.5) is 0 Å². The molecule has 0 saturated carbocycles. The molecule has 0 fully saturated rings. The molecule has 1 aliphatic carbocycles. The molecule has 4 nitrogen and oxygen atoms in total. The average molecular weight is 415 g/mol. The second-order valence-corrected chi connectivity index (χ2v) is 8.17. The van der Waals surface area contributed by atoms with Gasteiger partial charge in [0.05, 0.1) is 6.61 Å². The zero-order valence-corrected chi connectivity index (χ0v) is 18.5. The molecule has 1 aromatic rings. The Balaban J connectivity index is 1.64. The van der Waals surface area contributed by atoms with E-state index in [1.807, 2.05) is 25.1 Å². The van der Waals surface area contributed by atoms with E-state index in [-0.39, 0.29) is 18.0 Å². The molecule has 2 rings (SSSR count). The molecule has 2 atom stereocenters. The van der Waals surface area contributed by atoms with Gasteiger partial charge in [-0.1, -0.05) is 68.2 Å². The second-order valence-electron chi connectivity index (χ2n) is 8.17. The number of hydrogen-bond donors (Lipinski definition) is 0. The first kappa shape index (κ1) is 24.2. The van der Waals surface area contributed by atoms with E-state index in [4.69, 9.17) is 9.47 Å². The summed E-state index contributed by atoms with van der Waals surface area (Å²) in [5.41, 5.74) is 1.09. The van der Waals surface area contributed by atoms with Crippen LogP contribution in [0.2, 0.25) is 0 Å². The van der Waals surface area contributed by atoms with Crippen molar-refractivity contribution >= 4 is 11.9 Å². The number of carbonyl (C=O) groups is 2. The van der Waals surface area contributed by atoms with Gasteiger partial charge in [0.1, 0.15) is 6.10 Å². The van der Waals surface area contributed by atoms with E-state index < -0.39 is 0 Å². The first-order chi connectivity index (χ1) is 14.7. The van der Waals surface area contributed by atoms with Crippen LogP contribution < -0.4 is 0 Å². The van der Waals surface area contributed by atoms with Crippen LogP contribution in [0.3, 0.4) is 0 Å². The Morgan fingerprint density at radius 1 is 0.967 bits per heavy atom. The average Bonchev–Trinajstić information content (AvgIpc) is 2.76. The van der Waals surface area contributed by atoms with Gasteiger partial charge < -0.3 is 9.47 Å². The van der Waals surface area contributed by atoms with Gasteiger partial charge in [0.2, 0.25) is 0 Å². The van der Waals surface area contributed by atoms with Crippen molar-refractivity contribution in [1.29, 1.82) is 0 Å². The molecule has 0 heterocycles. The van der Waals surface area contributed by atoms with E-state index in [0.717, 1.165) is 56.9 Å². The lowest BCUT2D eigenvalue weighted by Crippen LogP contribution is -2.15. The second kappa shape index (κ2) is 14.8. The van der Waals surface area contributed by atoms with Crippen LogP contribution in [0.15, 0.2) is 42.5 Å². The molecule has 1 aliphatic rings. The zero-order chi connectivity index (χ0) is 21.4. The zero-order valence-electron chi connectivity index (χ0n) is 18.5. The molecule has 0 amide bonds. The molecule has 0 aromatic heterocycles. The fourth-order valence-electron chi connectivity index (χ4n) is 3.97. The predicted molar refractivity (Wildman–Crippen MR) is 120 cm³/mol. The lowest BCUT2D eigenvalue weighted by molar-refractivity contribution is -0.150. The van der Waals surface area contributed by atoms with Crippen LogP contribution in [0, 0.1) is 5.92 Å². The highest BCUT2D eigenvalue weighted by atomic mass is 16.5. The molecule has 4 heteroatoms. The van der Waals surface area contributed by atoms with Crippen molar-refractivity contribution in [3.05, 3.63) is 48.0 Å². The van der Waals surface area contributed by atoms with Gasteiger partial charge in [0, 0.05) is 12.8 Å². The molecule has 166 valence electrons. The Morgan fingerprint density at radius 3 is 2.27 bits per heavy atom. The molecule has 30 heavy (non-hydrogen) atoms. The minimum atomic E-state index is -0.158. The lowest BCUT2D eigenvalue weighted by atomic mass is 9.89. The SMILES string of the molecule is CCOC(=O)CCCCCCCCC(=O)OC(CC1C=CCCC1)c1ccccc1. The standard InChI is InChI=1S/C26H38O4/c1-2-29-25(27)19-13-5-3-4-6-14-20-26(28)30-24(23-17-11-8-12-18-23)21-22-15-9-7-10-16-22/h8-9,11-12,15,17-18,22,24H,2-7,10,13-14,16,19-21H2,1H3. The maximum absolute atomic E-state index is 12.4. The van der Waals surface area contributed by atoms with Crippen LogP contribution >= 0.6 is 0 Å². The Labute approximate surface area is 182 Å². The number of carbonyl (C=O) groups excluding carboxylic acids is 2. The van der Waals surface area contributed by atoms with Crippen molar-refractivity contribution in [1.82, 2.24) is 0 Å². The highest BCUT2D eigenvalue weighted by molar-refractivity contribution is 5.69. The Morgan fingerprint density at radius 2 is 1.63 bits per heavy atom. The van der Waals surface area contributed by atoms with E-state index in [2.05, 4.69) is 24.3 Å². The Bertz CT molecular complexity index is 638.